The van der Waals surface area contributed by atoms with Crippen LogP contribution < -0.4 is 14.2 Å². The van der Waals surface area contributed by atoms with Crippen molar-refractivity contribution in [2.45, 2.75) is 205 Å². The number of carbonyl (C=O) groups is 2. The molecule has 0 heterocycles. The minimum atomic E-state index is -0.441. The largest absolute Gasteiger partial charge is 0.494 e. The molecule has 3 aromatic rings. The summed E-state index contributed by atoms with van der Waals surface area (Å²) in [5.74, 6) is 1.08. The van der Waals surface area contributed by atoms with Gasteiger partial charge in [-0.1, -0.05) is 191 Å². The van der Waals surface area contributed by atoms with Gasteiger partial charge in [0.05, 0.1) is 12.2 Å². The van der Waals surface area contributed by atoms with Crippen LogP contribution in [0.2, 0.25) is 0 Å². The highest BCUT2D eigenvalue weighted by Crippen LogP contribution is 2.22. The van der Waals surface area contributed by atoms with E-state index in [1.165, 1.54) is 161 Å². The van der Waals surface area contributed by atoms with Gasteiger partial charge in [-0.25, -0.2) is 4.79 Å². The molecule has 0 aromatic heterocycles. The first kappa shape index (κ1) is 53.6. The molecule has 3 aromatic carbocycles. The van der Waals surface area contributed by atoms with Crippen molar-refractivity contribution in [2.75, 3.05) is 6.61 Å². The quantitative estimate of drug-likeness (QED) is 0.0155. The zero-order valence-corrected chi connectivity index (χ0v) is 40.4. The molecule has 0 saturated heterocycles. The fraction of sp³-hybridized carbons (Fsp3) is 0.579. The van der Waals surface area contributed by atoms with E-state index in [0.29, 0.717) is 28.7 Å². The second-order valence-electron chi connectivity index (χ2n) is 17.5. The van der Waals surface area contributed by atoms with Gasteiger partial charge in [0, 0.05) is 11.7 Å². The lowest BCUT2D eigenvalue weighted by Crippen LogP contribution is -2.09. The predicted octanol–water partition coefficient (Wildman–Crippen LogP) is 17.6. The van der Waals surface area contributed by atoms with Crippen LogP contribution >= 0.6 is 12.6 Å². The standard InChI is InChI=1S/C57H84O5S/c1-3-5-6-7-8-9-10-11-12-13-16-19-22-25-28-31-48-60-52-42-38-50(39-43-52)35-34-49-36-40-51(41-37-49)57(59)62-54-46-44-53(45-47-54)61-56(58)33-30-27-24-21-18-15-14-17-20-23-26-29-32-55(63)4-2/h11-12,34-47,55,63H,3-10,13-33,48H2,1-2H3/b12-11+,35-34+. The van der Waals surface area contributed by atoms with Crippen LogP contribution in [0.15, 0.2) is 84.9 Å². The van der Waals surface area contributed by atoms with E-state index in [2.05, 4.69) is 56.8 Å². The maximum absolute atomic E-state index is 12.8. The Balaban J connectivity index is 1.18. The van der Waals surface area contributed by atoms with E-state index in [-0.39, 0.29) is 5.97 Å². The molecular formula is C57H84O5S. The summed E-state index contributed by atoms with van der Waals surface area (Å²) in [5, 5.41) is 0.582. The first-order chi connectivity index (χ1) is 31.0. The molecule has 0 aliphatic heterocycles. The molecule has 0 bridgehead atoms. The molecule has 0 aliphatic carbocycles. The van der Waals surface area contributed by atoms with Gasteiger partial charge in [-0.05, 0) is 111 Å². The average Bonchev–Trinajstić information content (AvgIpc) is 3.30. The van der Waals surface area contributed by atoms with Crippen LogP contribution in [0.5, 0.6) is 17.2 Å². The summed E-state index contributed by atoms with van der Waals surface area (Å²) in [5.41, 5.74) is 2.52. The van der Waals surface area contributed by atoms with Gasteiger partial charge in [0.1, 0.15) is 17.2 Å². The summed E-state index contributed by atoms with van der Waals surface area (Å²) in [7, 11) is 0. The fourth-order valence-corrected chi connectivity index (χ4v) is 7.87. The number of allylic oxidation sites excluding steroid dienone is 2. The van der Waals surface area contributed by atoms with Gasteiger partial charge in [0.25, 0.3) is 0 Å². The Labute approximate surface area is 389 Å². The number of carbonyl (C=O) groups excluding carboxylic acids is 2. The Morgan fingerprint density at radius 1 is 0.492 bits per heavy atom. The topological polar surface area (TPSA) is 61.8 Å². The first-order valence-electron chi connectivity index (χ1n) is 25.3. The Bertz CT molecular complexity index is 1630. The van der Waals surface area contributed by atoms with E-state index in [1.807, 2.05) is 30.3 Å². The van der Waals surface area contributed by atoms with Crippen LogP contribution in [0, 0.1) is 0 Å². The number of thiol groups is 1. The van der Waals surface area contributed by atoms with Gasteiger partial charge in [0.2, 0.25) is 0 Å². The van der Waals surface area contributed by atoms with Crippen LogP contribution in [0.25, 0.3) is 12.2 Å². The summed E-state index contributed by atoms with van der Waals surface area (Å²) in [4.78, 5) is 25.2. The minimum Gasteiger partial charge on any atom is -0.494 e. The first-order valence-corrected chi connectivity index (χ1v) is 25.9. The highest BCUT2D eigenvalue weighted by atomic mass is 32.1. The van der Waals surface area contributed by atoms with Crippen molar-refractivity contribution < 1.29 is 23.8 Å². The fourth-order valence-electron chi connectivity index (χ4n) is 7.68. The van der Waals surface area contributed by atoms with E-state index in [4.69, 9.17) is 14.2 Å². The predicted molar refractivity (Wildman–Crippen MR) is 271 cm³/mol. The summed E-state index contributed by atoms with van der Waals surface area (Å²) >= 11 is 4.58. The highest BCUT2D eigenvalue weighted by Gasteiger charge is 2.10. The Morgan fingerprint density at radius 3 is 1.44 bits per heavy atom. The Hall–Kier alpha value is -3.77. The lowest BCUT2D eigenvalue weighted by molar-refractivity contribution is -0.134. The zero-order valence-electron chi connectivity index (χ0n) is 39.5. The zero-order chi connectivity index (χ0) is 44.8. The van der Waals surface area contributed by atoms with Gasteiger partial charge in [0.15, 0.2) is 0 Å². The summed E-state index contributed by atoms with van der Waals surface area (Å²) < 4.78 is 17.1. The van der Waals surface area contributed by atoms with Crippen LogP contribution in [0.3, 0.4) is 0 Å². The lowest BCUT2D eigenvalue weighted by Gasteiger charge is -2.07. The molecule has 1 unspecified atom stereocenters. The van der Waals surface area contributed by atoms with Crippen molar-refractivity contribution >= 4 is 36.7 Å². The number of esters is 2. The molecule has 1 atom stereocenters. The van der Waals surface area contributed by atoms with E-state index < -0.39 is 5.97 Å². The maximum atomic E-state index is 12.8. The van der Waals surface area contributed by atoms with Crippen LogP contribution in [-0.4, -0.2) is 23.8 Å². The van der Waals surface area contributed by atoms with Crippen LogP contribution in [0.4, 0.5) is 0 Å². The molecule has 0 amide bonds. The van der Waals surface area contributed by atoms with E-state index >= 15 is 0 Å². The molecule has 3 rings (SSSR count). The van der Waals surface area contributed by atoms with Gasteiger partial charge in [-0.2, -0.15) is 12.6 Å². The van der Waals surface area contributed by atoms with Crippen LogP contribution in [-0.2, 0) is 4.79 Å². The lowest BCUT2D eigenvalue weighted by atomic mass is 10.0. The van der Waals surface area contributed by atoms with Gasteiger partial charge in [-0.15, -0.1) is 0 Å². The number of hydrogen-bond donors (Lipinski definition) is 1. The van der Waals surface area contributed by atoms with Crippen molar-refractivity contribution in [2.24, 2.45) is 0 Å². The SMILES string of the molecule is CCCCCCCC/C=C/CCCCCCCCOc1ccc(/C=C/c2ccc(C(=O)Oc3ccc(OC(=O)CCCCCCCCCCCCCCC(S)CC)cc3)cc2)cc1. The van der Waals surface area contributed by atoms with E-state index in [0.717, 1.165) is 42.7 Å². The number of ether oxygens (including phenoxy) is 3. The monoisotopic (exact) mass is 881 g/mol. The summed E-state index contributed by atoms with van der Waals surface area (Å²) in [6.45, 7) is 5.25. The molecule has 5 nitrogen and oxygen atoms in total. The number of hydrogen-bond acceptors (Lipinski definition) is 6. The Kier molecular flexibility index (Phi) is 31.1. The molecule has 0 radical (unpaired) electrons. The second-order valence-corrected chi connectivity index (χ2v) is 18.2. The number of rotatable bonds is 38. The van der Waals surface area contributed by atoms with E-state index in [9.17, 15) is 9.59 Å². The van der Waals surface area contributed by atoms with Crippen molar-refractivity contribution in [1.82, 2.24) is 0 Å². The van der Waals surface area contributed by atoms with Gasteiger partial charge in [-0.3, -0.25) is 4.79 Å². The molecule has 348 valence electrons. The normalized spacial score (nSPS) is 12.0. The highest BCUT2D eigenvalue weighted by molar-refractivity contribution is 7.80. The average molecular weight is 881 g/mol. The maximum Gasteiger partial charge on any atom is 0.343 e. The third-order valence-corrected chi connectivity index (χ3v) is 12.4. The Morgan fingerprint density at radius 2 is 0.921 bits per heavy atom. The van der Waals surface area contributed by atoms with E-state index in [1.54, 1.807) is 36.4 Å². The van der Waals surface area contributed by atoms with Crippen molar-refractivity contribution in [3.05, 3.63) is 102 Å². The van der Waals surface area contributed by atoms with Crippen molar-refractivity contribution in [3.8, 4) is 17.2 Å². The summed E-state index contributed by atoms with van der Waals surface area (Å²) in [6.07, 6.45) is 45.0. The van der Waals surface area contributed by atoms with Crippen molar-refractivity contribution in [3.63, 3.8) is 0 Å². The summed E-state index contributed by atoms with van der Waals surface area (Å²) in [6, 6.07) is 22.1. The number of benzene rings is 3. The smallest absolute Gasteiger partial charge is 0.343 e. The van der Waals surface area contributed by atoms with Crippen molar-refractivity contribution in [1.29, 1.82) is 0 Å². The second kappa shape index (κ2) is 36.6. The third kappa shape index (κ3) is 27.9. The molecule has 0 fully saturated rings. The number of unbranched alkanes of at least 4 members (excludes halogenated alkanes) is 23. The minimum absolute atomic E-state index is 0.228. The molecule has 63 heavy (non-hydrogen) atoms. The molecule has 0 aliphatic rings. The van der Waals surface area contributed by atoms with Gasteiger partial charge >= 0.3 is 11.9 Å². The molecule has 0 saturated carbocycles. The third-order valence-electron chi connectivity index (χ3n) is 11.8. The van der Waals surface area contributed by atoms with Crippen LogP contribution in [0.1, 0.15) is 222 Å². The molecule has 0 spiro atoms. The molecule has 0 N–H and O–H groups in total. The van der Waals surface area contributed by atoms with Gasteiger partial charge < -0.3 is 14.2 Å². The molecule has 6 heteroatoms. The molecular weight excluding hydrogens is 797 g/mol.